The van der Waals surface area contributed by atoms with E-state index in [4.69, 9.17) is 15.2 Å². The highest BCUT2D eigenvalue weighted by atomic mass is 16.6. The summed E-state index contributed by atoms with van der Waals surface area (Å²) in [5.74, 6) is 0.109. The second-order valence-electron chi connectivity index (χ2n) is 4.70. The molecule has 2 rings (SSSR count). The molecule has 7 heteroatoms. The summed E-state index contributed by atoms with van der Waals surface area (Å²) >= 11 is 0. The molecule has 0 saturated carbocycles. The van der Waals surface area contributed by atoms with Crippen LogP contribution in [0.1, 0.15) is 23.7 Å². The first kappa shape index (κ1) is 16.3. The molecule has 0 fully saturated rings. The summed E-state index contributed by atoms with van der Waals surface area (Å²) in [7, 11) is 0. The van der Waals surface area contributed by atoms with Crippen molar-refractivity contribution in [3.05, 3.63) is 58.1 Å². The van der Waals surface area contributed by atoms with E-state index in [1.807, 2.05) is 6.92 Å². The maximum absolute atomic E-state index is 11.2. The van der Waals surface area contributed by atoms with Crippen molar-refractivity contribution in [2.75, 3.05) is 6.61 Å². The van der Waals surface area contributed by atoms with Gasteiger partial charge in [0.05, 0.1) is 11.5 Å². The van der Waals surface area contributed by atoms with E-state index in [0.29, 0.717) is 18.1 Å². The van der Waals surface area contributed by atoms with E-state index in [9.17, 15) is 14.9 Å². The van der Waals surface area contributed by atoms with Gasteiger partial charge in [-0.05, 0) is 30.7 Å². The van der Waals surface area contributed by atoms with Crippen LogP contribution in [0.5, 0.6) is 17.2 Å². The van der Waals surface area contributed by atoms with Crippen molar-refractivity contribution in [3.8, 4) is 17.2 Å². The molecule has 0 spiro atoms. The molecule has 0 aliphatic heterocycles. The van der Waals surface area contributed by atoms with Gasteiger partial charge in [-0.1, -0.05) is 19.1 Å². The van der Waals surface area contributed by atoms with Crippen LogP contribution < -0.4 is 15.2 Å². The standard InChI is InChI=1S/C16H16N2O5/c1-2-9-22-14-5-3-4-6-15(14)23-13-8-7-11(16(17)19)10-12(13)18(20)21/h3-8,10H,2,9H2,1H3,(H2,17,19). The molecule has 0 aliphatic carbocycles. The Morgan fingerprint density at radius 2 is 1.87 bits per heavy atom. The molecule has 0 aliphatic rings. The zero-order valence-corrected chi connectivity index (χ0v) is 12.5. The van der Waals surface area contributed by atoms with Crippen LogP contribution in [0.4, 0.5) is 5.69 Å². The third-order valence-electron chi connectivity index (χ3n) is 2.97. The zero-order valence-electron chi connectivity index (χ0n) is 12.5. The maximum Gasteiger partial charge on any atom is 0.312 e. The van der Waals surface area contributed by atoms with Crippen LogP contribution in [0.15, 0.2) is 42.5 Å². The molecule has 23 heavy (non-hydrogen) atoms. The van der Waals surface area contributed by atoms with Crippen LogP contribution in [0.3, 0.4) is 0 Å². The minimum Gasteiger partial charge on any atom is -0.490 e. The van der Waals surface area contributed by atoms with Gasteiger partial charge >= 0.3 is 5.69 Å². The van der Waals surface area contributed by atoms with Crippen LogP contribution in [-0.2, 0) is 0 Å². The van der Waals surface area contributed by atoms with Gasteiger partial charge in [0.2, 0.25) is 11.7 Å². The van der Waals surface area contributed by atoms with Crippen molar-refractivity contribution in [2.45, 2.75) is 13.3 Å². The quantitative estimate of drug-likeness (QED) is 0.623. The van der Waals surface area contributed by atoms with E-state index in [1.54, 1.807) is 24.3 Å². The number of nitro benzene ring substituents is 1. The molecule has 0 saturated heterocycles. The van der Waals surface area contributed by atoms with Crippen LogP contribution >= 0.6 is 0 Å². The number of hydrogen-bond acceptors (Lipinski definition) is 5. The van der Waals surface area contributed by atoms with Gasteiger partial charge in [-0.2, -0.15) is 0 Å². The summed E-state index contributed by atoms with van der Waals surface area (Å²) in [6, 6.07) is 10.7. The average molecular weight is 316 g/mol. The lowest BCUT2D eigenvalue weighted by Crippen LogP contribution is -2.11. The number of ether oxygens (including phenoxy) is 2. The van der Waals surface area contributed by atoms with Crippen molar-refractivity contribution < 1.29 is 19.2 Å². The van der Waals surface area contributed by atoms with Gasteiger partial charge in [-0.3, -0.25) is 14.9 Å². The number of carbonyl (C=O) groups excluding carboxylic acids is 1. The van der Waals surface area contributed by atoms with Gasteiger partial charge in [-0.15, -0.1) is 0 Å². The topological polar surface area (TPSA) is 105 Å². The van der Waals surface area contributed by atoms with Crippen molar-refractivity contribution in [1.82, 2.24) is 0 Å². The van der Waals surface area contributed by atoms with Gasteiger partial charge in [0.15, 0.2) is 11.5 Å². The second-order valence-corrected chi connectivity index (χ2v) is 4.70. The lowest BCUT2D eigenvalue weighted by atomic mass is 10.2. The molecular formula is C16H16N2O5. The second kappa shape index (κ2) is 7.26. The van der Waals surface area contributed by atoms with Crippen LogP contribution in [0.2, 0.25) is 0 Å². The molecule has 2 aromatic carbocycles. The fourth-order valence-corrected chi connectivity index (χ4v) is 1.88. The van der Waals surface area contributed by atoms with Gasteiger partial charge in [-0.25, -0.2) is 0 Å². The lowest BCUT2D eigenvalue weighted by Gasteiger charge is -2.12. The molecule has 0 unspecified atom stereocenters. The first-order valence-corrected chi connectivity index (χ1v) is 7.01. The third kappa shape index (κ3) is 3.97. The summed E-state index contributed by atoms with van der Waals surface area (Å²) < 4.78 is 11.2. The summed E-state index contributed by atoms with van der Waals surface area (Å²) in [4.78, 5) is 21.7. The number of amides is 1. The molecule has 2 aromatic rings. The van der Waals surface area contributed by atoms with Crippen LogP contribution in [0.25, 0.3) is 0 Å². The molecule has 2 N–H and O–H groups in total. The Bertz CT molecular complexity index is 730. The number of nitrogens with two attached hydrogens (primary N) is 1. The van der Waals surface area contributed by atoms with E-state index in [2.05, 4.69) is 0 Å². The Hall–Kier alpha value is -3.09. The predicted molar refractivity (Wildman–Crippen MR) is 83.9 cm³/mol. The summed E-state index contributed by atoms with van der Waals surface area (Å²) in [6.45, 7) is 2.47. The Kier molecular flexibility index (Phi) is 5.14. The number of primary amides is 1. The maximum atomic E-state index is 11.2. The molecule has 0 radical (unpaired) electrons. The van der Waals surface area contributed by atoms with Crippen LogP contribution in [0, 0.1) is 10.1 Å². The van der Waals surface area contributed by atoms with Crippen LogP contribution in [-0.4, -0.2) is 17.4 Å². The van der Waals surface area contributed by atoms with E-state index in [1.165, 1.54) is 12.1 Å². The normalized spacial score (nSPS) is 10.1. The molecule has 0 aromatic heterocycles. The van der Waals surface area contributed by atoms with Gasteiger partial charge in [0.25, 0.3) is 0 Å². The first-order chi connectivity index (χ1) is 11.0. The molecule has 120 valence electrons. The summed E-state index contributed by atoms with van der Waals surface area (Å²) in [5.41, 5.74) is 4.84. The molecule has 1 amide bonds. The Labute approximate surface area is 132 Å². The third-order valence-corrected chi connectivity index (χ3v) is 2.97. The largest absolute Gasteiger partial charge is 0.490 e. The minimum atomic E-state index is -0.744. The lowest BCUT2D eigenvalue weighted by molar-refractivity contribution is -0.385. The fraction of sp³-hybridized carbons (Fsp3) is 0.188. The average Bonchev–Trinajstić information content (AvgIpc) is 2.54. The number of rotatable bonds is 7. The highest BCUT2D eigenvalue weighted by Gasteiger charge is 2.19. The van der Waals surface area contributed by atoms with Crippen molar-refractivity contribution in [3.63, 3.8) is 0 Å². The van der Waals surface area contributed by atoms with E-state index < -0.39 is 10.8 Å². The number of nitro groups is 1. The fourth-order valence-electron chi connectivity index (χ4n) is 1.88. The Morgan fingerprint density at radius 1 is 1.17 bits per heavy atom. The smallest absolute Gasteiger partial charge is 0.312 e. The highest BCUT2D eigenvalue weighted by Crippen LogP contribution is 2.36. The molecular weight excluding hydrogens is 300 g/mol. The number of benzene rings is 2. The molecule has 7 nitrogen and oxygen atoms in total. The summed E-state index contributed by atoms with van der Waals surface area (Å²) in [5, 5.41) is 11.2. The van der Waals surface area contributed by atoms with E-state index in [0.717, 1.165) is 12.5 Å². The molecule has 0 bridgehead atoms. The van der Waals surface area contributed by atoms with Crippen molar-refractivity contribution >= 4 is 11.6 Å². The van der Waals surface area contributed by atoms with Crippen molar-refractivity contribution in [2.24, 2.45) is 5.73 Å². The Balaban J connectivity index is 2.37. The Morgan fingerprint density at radius 3 is 2.48 bits per heavy atom. The number of carbonyl (C=O) groups is 1. The van der Waals surface area contributed by atoms with Crippen molar-refractivity contribution in [1.29, 1.82) is 0 Å². The van der Waals surface area contributed by atoms with Gasteiger partial charge < -0.3 is 15.2 Å². The highest BCUT2D eigenvalue weighted by molar-refractivity contribution is 5.93. The summed E-state index contributed by atoms with van der Waals surface area (Å²) in [6.07, 6.45) is 0.821. The predicted octanol–water partition coefficient (Wildman–Crippen LogP) is 3.27. The zero-order chi connectivity index (χ0) is 16.8. The number of para-hydroxylation sites is 2. The first-order valence-electron chi connectivity index (χ1n) is 7.01. The van der Waals surface area contributed by atoms with Gasteiger partial charge in [0, 0.05) is 11.6 Å². The molecule has 0 heterocycles. The molecule has 0 atom stereocenters. The monoisotopic (exact) mass is 316 g/mol. The SMILES string of the molecule is CCCOc1ccccc1Oc1ccc(C(N)=O)cc1[N+](=O)[O-]. The van der Waals surface area contributed by atoms with E-state index >= 15 is 0 Å². The number of hydrogen-bond donors (Lipinski definition) is 1. The van der Waals surface area contributed by atoms with E-state index in [-0.39, 0.29) is 17.0 Å². The minimum absolute atomic E-state index is 0.00699. The number of nitrogens with zero attached hydrogens (tertiary/aromatic N) is 1. The van der Waals surface area contributed by atoms with Gasteiger partial charge in [0.1, 0.15) is 0 Å².